The van der Waals surface area contributed by atoms with Crippen molar-refractivity contribution >= 4 is 23.0 Å². The number of aliphatic hydroxyl groups is 1. The highest BCUT2D eigenvalue weighted by Gasteiger charge is 2.37. The van der Waals surface area contributed by atoms with Crippen LogP contribution in [0.4, 0.5) is 32.0 Å². The largest absolute Gasteiger partial charge is 0.416 e. The molecule has 0 aromatic heterocycles. The first-order valence-corrected chi connectivity index (χ1v) is 10.0. The van der Waals surface area contributed by atoms with Crippen LogP contribution in [0, 0.1) is 0 Å². The molecule has 33 heavy (non-hydrogen) atoms. The summed E-state index contributed by atoms with van der Waals surface area (Å²) in [5.41, 5.74) is -2.27. The fraction of sp³-hybridized carbons (Fsp3) is 0.174. The van der Waals surface area contributed by atoms with Crippen LogP contribution in [0.25, 0.3) is 0 Å². The maximum atomic E-state index is 13.1. The van der Waals surface area contributed by atoms with Gasteiger partial charge in [-0.1, -0.05) is 60.7 Å². The normalized spacial score (nSPS) is 13.8. The number of halogens is 6. The van der Waals surface area contributed by atoms with Gasteiger partial charge in [0.05, 0.1) is 17.2 Å². The summed E-state index contributed by atoms with van der Waals surface area (Å²) >= 11 is 5.16. The number of rotatable bonds is 5. The number of hydrogen-bond acceptors (Lipinski definition) is 2. The highest BCUT2D eigenvalue weighted by atomic mass is 32.1. The number of nitrogens with one attached hydrogen (secondary N) is 2. The van der Waals surface area contributed by atoms with Gasteiger partial charge in [0, 0.05) is 5.69 Å². The lowest BCUT2D eigenvalue weighted by Gasteiger charge is -2.27. The first-order chi connectivity index (χ1) is 15.4. The van der Waals surface area contributed by atoms with Gasteiger partial charge >= 0.3 is 12.4 Å². The van der Waals surface area contributed by atoms with E-state index in [9.17, 15) is 31.4 Å². The Balaban J connectivity index is 1.89. The summed E-state index contributed by atoms with van der Waals surface area (Å²) in [6.07, 6.45) is -11.1. The number of anilines is 1. The first-order valence-electron chi connectivity index (χ1n) is 9.60. The van der Waals surface area contributed by atoms with Gasteiger partial charge in [-0.15, -0.1) is 0 Å². The van der Waals surface area contributed by atoms with Gasteiger partial charge in [-0.3, -0.25) is 0 Å². The van der Waals surface area contributed by atoms with Gasteiger partial charge in [-0.05, 0) is 41.5 Å². The molecular weight excluding hydrogens is 466 g/mol. The van der Waals surface area contributed by atoms with Gasteiger partial charge in [0.1, 0.15) is 6.10 Å². The third-order valence-corrected chi connectivity index (χ3v) is 4.97. The van der Waals surface area contributed by atoms with E-state index in [-0.39, 0.29) is 11.2 Å². The Morgan fingerprint density at radius 2 is 1.18 bits per heavy atom. The van der Waals surface area contributed by atoms with Gasteiger partial charge in [-0.25, -0.2) is 0 Å². The van der Waals surface area contributed by atoms with Crippen LogP contribution in [-0.2, 0) is 12.4 Å². The summed E-state index contributed by atoms with van der Waals surface area (Å²) in [6, 6.07) is 17.5. The van der Waals surface area contributed by atoms with E-state index in [2.05, 4.69) is 10.6 Å². The third kappa shape index (κ3) is 6.45. The number of benzene rings is 3. The fourth-order valence-electron chi connectivity index (χ4n) is 3.18. The standard InChI is InChI=1S/C23H18F6N2OS/c24-22(25,26)16-11-17(23(27,28)29)13-18(12-16)30-21(33)31-19(14-7-3-1-4-8-14)20(32)15-9-5-2-6-10-15/h1-13,19-20,32H,(H2,30,31,33)/t19-,20+/m1/s1. The summed E-state index contributed by atoms with van der Waals surface area (Å²) in [6.45, 7) is 0. The number of aliphatic hydroxyl groups excluding tert-OH is 1. The van der Waals surface area contributed by atoms with E-state index in [4.69, 9.17) is 12.2 Å². The number of alkyl halides is 6. The topological polar surface area (TPSA) is 44.3 Å². The minimum absolute atomic E-state index is 0.0353. The van der Waals surface area contributed by atoms with Gasteiger partial charge in [0.2, 0.25) is 0 Å². The molecule has 3 rings (SSSR count). The van der Waals surface area contributed by atoms with Crippen molar-refractivity contribution in [3.63, 3.8) is 0 Å². The molecule has 0 radical (unpaired) electrons. The minimum Gasteiger partial charge on any atom is -0.386 e. The zero-order chi connectivity index (χ0) is 24.2. The molecule has 0 aliphatic carbocycles. The third-order valence-electron chi connectivity index (χ3n) is 4.75. The maximum Gasteiger partial charge on any atom is 0.416 e. The smallest absolute Gasteiger partial charge is 0.386 e. The fourth-order valence-corrected chi connectivity index (χ4v) is 3.43. The van der Waals surface area contributed by atoms with Gasteiger partial charge in [-0.2, -0.15) is 26.3 Å². The molecule has 174 valence electrons. The molecule has 0 amide bonds. The first kappa shape index (κ1) is 24.5. The minimum atomic E-state index is -4.98. The summed E-state index contributed by atoms with van der Waals surface area (Å²) in [5.74, 6) is 0. The Kier molecular flexibility index (Phi) is 7.28. The summed E-state index contributed by atoms with van der Waals surface area (Å²) in [7, 11) is 0. The lowest BCUT2D eigenvalue weighted by atomic mass is 9.96. The highest BCUT2D eigenvalue weighted by Crippen LogP contribution is 2.37. The summed E-state index contributed by atoms with van der Waals surface area (Å²) < 4.78 is 78.7. The average Bonchev–Trinajstić information content (AvgIpc) is 2.77. The van der Waals surface area contributed by atoms with Crippen LogP contribution in [0.2, 0.25) is 0 Å². The van der Waals surface area contributed by atoms with Crippen molar-refractivity contribution in [1.29, 1.82) is 0 Å². The Hall–Kier alpha value is -3.11. The van der Waals surface area contributed by atoms with Crippen LogP contribution in [0.5, 0.6) is 0 Å². The van der Waals surface area contributed by atoms with Crippen molar-refractivity contribution in [3.05, 3.63) is 101 Å². The second-order valence-corrected chi connectivity index (χ2v) is 7.55. The Morgan fingerprint density at radius 1 is 0.727 bits per heavy atom. The molecule has 0 saturated heterocycles. The molecule has 10 heteroatoms. The summed E-state index contributed by atoms with van der Waals surface area (Å²) in [5, 5.41) is 15.8. The van der Waals surface area contributed by atoms with Crippen molar-refractivity contribution in [2.45, 2.75) is 24.5 Å². The molecule has 0 fully saturated rings. The molecule has 0 aliphatic rings. The van der Waals surface area contributed by atoms with Crippen molar-refractivity contribution in [1.82, 2.24) is 5.32 Å². The Bertz CT molecular complexity index is 1060. The van der Waals surface area contributed by atoms with Crippen LogP contribution in [0.15, 0.2) is 78.9 Å². The monoisotopic (exact) mass is 484 g/mol. The van der Waals surface area contributed by atoms with Crippen molar-refractivity contribution < 1.29 is 31.4 Å². The Morgan fingerprint density at radius 3 is 1.64 bits per heavy atom. The van der Waals surface area contributed by atoms with Crippen molar-refractivity contribution in [3.8, 4) is 0 Å². The second kappa shape index (κ2) is 9.80. The predicted octanol–water partition coefficient (Wildman–Crippen LogP) is 6.49. The molecule has 3 aromatic carbocycles. The van der Waals surface area contributed by atoms with Crippen LogP contribution in [0.3, 0.4) is 0 Å². The second-order valence-electron chi connectivity index (χ2n) is 7.14. The summed E-state index contributed by atoms with van der Waals surface area (Å²) in [4.78, 5) is 0. The van der Waals surface area contributed by atoms with Crippen LogP contribution >= 0.6 is 12.2 Å². The van der Waals surface area contributed by atoms with E-state index >= 15 is 0 Å². The lowest BCUT2D eigenvalue weighted by Crippen LogP contribution is -2.35. The molecule has 2 atom stereocenters. The molecule has 3 nitrogen and oxygen atoms in total. The van der Waals surface area contributed by atoms with E-state index in [1.807, 2.05) is 0 Å². The Labute approximate surface area is 191 Å². The molecule has 0 heterocycles. The van der Waals surface area contributed by atoms with Gasteiger partial charge in [0.25, 0.3) is 0 Å². The molecule has 0 aliphatic heterocycles. The number of hydrogen-bond donors (Lipinski definition) is 3. The number of thiocarbonyl (C=S) groups is 1. The van der Waals surface area contributed by atoms with Gasteiger partial charge < -0.3 is 15.7 Å². The van der Waals surface area contributed by atoms with Gasteiger partial charge in [0.15, 0.2) is 5.11 Å². The van der Waals surface area contributed by atoms with Crippen molar-refractivity contribution in [2.75, 3.05) is 5.32 Å². The molecular formula is C23H18F6N2OS. The van der Waals surface area contributed by atoms with Crippen LogP contribution < -0.4 is 10.6 Å². The highest BCUT2D eigenvalue weighted by molar-refractivity contribution is 7.80. The maximum absolute atomic E-state index is 13.1. The zero-order valence-corrected chi connectivity index (χ0v) is 17.6. The molecule has 0 unspecified atom stereocenters. The molecule has 3 aromatic rings. The van der Waals surface area contributed by atoms with Crippen LogP contribution in [-0.4, -0.2) is 10.2 Å². The zero-order valence-electron chi connectivity index (χ0n) is 16.8. The predicted molar refractivity (Wildman–Crippen MR) is 116 cm³/mol. The van der Waals surface area contributed by atoms with E-state index in [0.29, 0.717) is 23.3 Å². The molecule has 3 N–H and O–H groups in total. The molecule has 0 spiro atoms. The van der Waals surface area contributed by atoms with E-state index < -0.39 is 41.3 Å². The quantitative estimate of drug-likeness (QED) is 0.286. The van der Waals surface area contributed by atoms with Crippen molar-refractivity contribution in [2.24, 2.45) is 0 Å². The average molecular weight is 484 g/mol. The lowest BCUT2D eigenvalue weighted by molar-refractivity contribution is -0.143. The van der Waals surface area contributed by atoms with E-state index in [1.54, 1.807) is 60.7 Å². The van der Waals surface area contributed by atoms with E-state index in [1.165, 1.54) is 0 Å². The molecule has 0 saturated carbocycles. The van der Waals surface area contributed by atoms with Crippen LogP contribution in [0.1, 0.15) is 34.4 Å². The SMILES string of the molecule is O[C@@H](c1ccccc1)[C@H](NC(=S)Nc1cc(C(F)(F)F)cc(C(F)(F)F)c1)c1ccccc1. The van der Waals surface area contributed by atoms with E-state index in [0.717, 1.165) is 0 Å². The molecule has 0 bridgehead atoms.